The van der Waals surface area contributed by atoms with Gasteiger partial charge in [0.25, 0.3) is 0 Å². The largest absolute Gasteiger partial charge is 0.492 e. The zero-order valence-corrected chi connectivity index (χ0v) is 17.5. The van der Waals surface area contributed by atoms with E-state index in [1.165, 1.54) is 18.2 Å². The second-order valence-electron chi connectivity index (χ2n) is 7.36. The number of carboxylic acid groups (broad SMARTS) is 1. The molecule has 31 heavy (non-hydrogen) atoms. The van der Waals surface area contributed by atoms with Gasteiger partial charge in [0, 0.05) is 38.2 Å². The van der Waals surface area contributed by atoms with Crippen LogP contribution in [0.25, 0.3) is 5.57 Å². The molecule has 2 aromatic rings. The van der Waals surface area contributed by atoms with Crippen molar-refractivity contribution in [2.24, 2.45) is 0 Å². The topological polar surface area (TPSA) is 59.0 Å². The lowest BCUT2D eigenvalue weighted by Crippen LogP contribution is -2.32. The fourth-order valence-electron chi connectivity index (χ4n) is 3.59. The highest BCUT2D eigenvalue weighted by Crippen LogP contribution is 2.27. The molecular formula is C24H27F2NO4. The minimum Gasteiger partial charge on any atom is -0.492 e. The summed E-state index contributed by atoms with van der Waals surface area (Å²) in [5.74, 6) is -1.32. The number of halogens is 2. The third-order valence-corrected chi connectivity index (χ3v) is 5.24. The van der Waals surface area contributed by atoms with Gasteiger partial charge in [-0.2, -0.15) is 0 Å². The summed E-state index contributed by atoms with van der Waals surface area (Å²) in [4.78, 5) is 13.4. The highest BCUT2D eigenvalue weighted by molar-refractivity contribution is 5.72. The molecule has 1 N–H and O–H groups in total. The highest BCUT2D eigenvalue weighted by atomic mass is 19.1. The monoisotopic (exact) mass is 431 g/mol. The molecule has 5 nitrogen and oxygen atoms in total. The standard InChI is InChI=1S/C24H27F2NO4/c1-2-30-22(24(28)29)16-17-6-8-19(9-7-17)31-15-14-27-12-10-18(11-13-27)23-20(25)4-3-5-21(23)26/h3-10,22H,2,11-16H2,1H3,(H,28,29). The Morgan fingerprint density at radius 2 is 1.87 bits per heavy atom. The molecule has 1 unspecified atom stereocenters. The minimum absolute atomic E-state index is 0.0768. The molecule has 0 bridgehead atoms. The van der Waals surface area contributed by atoms with E-state index in [1.807, 2.05) is 30.3 Å². The van der Waals surface area contributed by atoms with E-state index in [0.717, 1.165) is 5.56 Å². The number of ether oxygens (including phenoxy) is 2. The molecule has 0 amide bonds. The molecule has 0 aromatic heterocycles. The Morgan fingerprint density at radius 3 is 2.45 bits per heavy atom. The Kier molecular flexibility index (Phi) is 8.14. The van der Waals surface area contributed by atoms with Crippen molar-refractivity contribution in [1.29, 1.82) is 0 Å². The van der Waals surface area contributed by atoms with Crippen LogP contribution in [0.4, 0.5) is 8.78 Å². The van der Waals surface area contributed by atoms with Crippen molar-refractivity contribution >= 4 is 11.5 Å². The molecule has 0 aliphatic carbocycles. The first-order chi connectivity index (χ1) is 15.0. The number of hydrogen-bond acceptors (Lipinski definition) is 4. The van der Waals surface area contributed by atoms with E-state index < -0.39 is 23.7 Å². The van der Waals surface area contributed by atoms with Gasteiger partial charge in [0.05, 0.1) is 0 Å². The zero-order chi connectivity index (χ0) is 22.2. The lowest BCUT2D eigenvalue weighted by atomic mass is 9.98. The number of carbonyl (C=O) groups is 1. The van der Waals surface area contributed by atoms with E-state index in [0.29, 0.717) is 57.0 Å². The van der Waals surface area contributed by atoms with Gasteiger partial charge in [-0.1, -0.05) is 24.3 Å². The molecule has 0 saturated carbocycles. The summed E-state index contributed by atoms with van der Waals surface area (Å²) < 4.78 is 38.9. The number of nitrogens with zero attached hydrogens (tertiary/aromatic N) is 1. The van der Waals surface area contributed by atoms with Crippen LogP contribution >= 0.6 is 0 Å². The maximum absolute atomic E-state index is 13.9. The van der Waals surface area contributed by atoms with E-state index >= 15 is 0 Å². The van der Waals surface area contributed by atoms with E-state index in [2.05, 4.69) is 4.90 Å². The van der Waals surface area contributed by atoms with Crippen LogP contribution in [0.2, 0.25) is 0 Å². The van der Waals surface area contributed by atoms with Crippen LogP contribution in [0.15, 0.2) is 48.5 Å². The lowest BCUT2D eigenvalue weighted by Gasteiger charge is -2.26. The van der Waals surface area contributed by atoms with Crippen molar-refractivity contribution in [3.63, 3.8) is 0 Å². The Morgan fingerprint density at radius 1 is 1.16 bits per heavy atom. The maximum Gasteiger partial charge on any atom is 0.333 e. The van der Waals surface area contributed by atoms with Gasteiger partial charge in [-0.15, -0.1) is 0 Å². The van der Waals surface area contributed by atoms with Gasteiger partial charge < -0.3 is 14.6 Å². The number of carboxylic acids is 1. The summed E-state index contributed by atoms with van der Waals surface area (Å²) in [7, 11) is 0. The van der Waals surface area contributed by atoms with Gasteiger partial charge in [0.15, 0.2) is 6.10 Å². The van der Waals surface area contributed by atoms with Gasteiger partial charge in [-0.05, 0) is 48.7 Å². The van der Waals surface area contributed by atoms with Gasteiger partial charge in [0.1, 0.15) is 24.0 Å². The minimum atomic E-state index is -0.973. The third-order valence-electron chi connectivity index (χ3n) is 5.24. The molecule has 166 valence electrons. The molecule has 1 aliphatic heterocycles. The van der Waals surface area contributed by atoms with Crippen molar-refractivity contribution in [3.05, 3.63) is 71.3 Å². The zero-order valence-electron chi connectivity index (χ0n) is 17.5. The molecule has 1 aliphatic rings. The summed E-state index contributed by atoms with van der Waals surface area (Å²) in [5, 5.41) is 9.17. The third kappa shape index (κ3) is 6.35. The molecule has 0 spiro atoms. The normalized spacial score (nSPS) is 15.4. The van der Waals surface area contributed by atoms with Crippen molar-refractivity contribution in [3.8, 4) is 5.75 Å². The van der Waals surface area contributed by atoms with Crippen molar-refractivity contribution in [2.75, 3.05) is 32.8 Å². The first-order valence-corrected chi connectivity index (χ1v) is 10.4. The van der Waals surface area contributed by atoms with Gasteiger partial charge in [0.2, 0.25) is 0 Å². The lowest BCUT2D eigenvalue weighted by molar-refractivity contribution is -0.149. The Labute approximate surface area is 180 Å². The van der Waals surface area contributed by atoms with Crippen LogP contribution in [0.5, 0.6) is 5.75 Å². The first-order valence-electron chi connectivity index (χ1n) is 10.4. The van der Waals surface area contributed by atoms with E-state index in [4.69, 9.17) is 9.47 Å². The van der Waals surface area contributed by atoms with E-state index in [1.54, 1.807) is 6.92 Å². The molecular weight excluding hydrogens is 404 g/mol. The van der Waals surface area contributed by atoms with Crippen LogP contribution in [0.1, 0.15) is 24.5 Å². The number of hydrogen-bond donors (Lipinski definition) is 1. The predicted octanol–water partition coefficient (Wildman–Crippen LogP) is 4.17. The van der Waals surface area contributed by atoms with Crippen LogP contribution in [0, 0.1) is 11.6 Å². The molecule has 2 aromatic carbocycles. The van der Waals surface area contributed by atoms with Crippen LogP contribution in [0.3, 0.4) is 0 Å². The Bertz CT molecular complexity index is 894. The Hall–Kier alpha value is -2.77. The van der Waals surface area contributed by atoms with Gasteiger partial charge >= 0.3 is 5.97 Å². The van der Waals surface area contributed by atoms with E-state index in [9.17, 15) is 18.7 Å². The number of aliphatic carboxylic acids is 1. The average Bonchev–Trinajstić information content (AvgIpc) is 2.75. The van der Waals surface area contributed by atoms with Gasteiger partial charge in [-0.25, -0.2) is 13.6 Å². The summed E-state index contributed by atoms with van der Waals surface area (Å²) in [6.45, 7) is 4.60. The molecule has 0 fully saturated rings. The van der Waals surface area contributed by atoms with Crippen molar-refractivity contribution in [2.45, 2.75) is 25.9 Å². The molecule has 7 heteroatoms. The van der Waals surface area contributed by atoms with E-state index in [-0.39, 0.29) is 5.56 Å². The molecule has 3 rings (SSSR count). The fourth-order valence-corrected chi connectivity index (χ4v) is 3.59. The Balaban J connectivity index is 1.46. The number of rotatable bonds is 10. The smallest absolute Gasteiger partial charge is 0.333 e. The molecule has 0 saturated heterocycles. The van der Waals surface area contributed by atoms with Crippen LogP contribution in [-0.4, -0.2) is 54.9 Å². The molecule has 1 atom stereocenters. The second kappa shape index (κ2) is 11.0. The van der Waals surface area contributed by atoms with Gasteiger partial charge in [-0.3, -0.25) is 4.90 Å². The van der Waals surface area contributed by atoms with Crippen molar-refractivity contribution in [1.82, 2.24) is 4.90 Å². The SMILES string of the molecule is CCOC(Cc1ccc(OCCN2CC=C(c3c(F)cccc3F)CC2)cc1)C(=O)O. The van der Waals surface area contributed by atoms with Crippen molar-refractivity contribution < 1.29 is 28.2 Å². The quantitative estimate of drug-likeness (QED) is 0.612. The van der Waals surface area contributed by atoms with Crippen LogP contribution in [-0.2, 0) is 16.0 Å². The maximum atomic E-state index is 13.9. The molecule has 1 heterocycles. The fraction of sp³-hybridized carbons (Fsp3) is 0.375. The molecule has 0 radical (unpaired) electrons. The summed E-state index contributed by atoms with van der Waals surface area (Å²) >= 11 is 0. The predicted molar refractivity (Wildman–Crippen MR) is 114 cm³/mol. The second-order valence-corrected chi connectivity index (χ2v) is 7.36. The summed E-state index contributed by atoms with van der Waals surface area (Å²) in [6.07, 6.45) is 1.90. The summed E-state index contributed by atoms with van der Waals surface area (Å²) in [6, 6.07) is 11.2. The first kappa shape index (κ1) is 22.9. The summed E-state index contributed by atoms with van der Waals surface area (Å²) in [5.41, 5.74) is 1.64. The number of benzene rings is 2. The van der Waals surface area contributed by atoms with Crippen LogP contribution < -0.4 is 4.74 Å². The average molecular weight is 431 g/mol. The highest BCUT2D eigenvalue weighted by Gasteiger charge is 2.19.